The largest absolute Gasteiger partial charge is 0.477 e. The molecule has 10 heteroatoms. The van der Waals surface area contributed by atoms with Gasteiger partial charge in [0, 0.05) is 11.1 Å². The third-order valence-electron chi connectivity index (χ3n) is 3.67. The Morgan fingerprint density at radius 3 is 2.65 bits per heavy atom. The number of hydrogen-bond donors (Lipinski definition) is 2. The minimum atomic E-state index is -4.33. The lowest BCUT2D eigenvalue weighted by Gasteiger charge is -2.27. The van der Waals surface area contributed by atoms with Crippen LogP contribution in [0.3, 0.4) is 0 Å². The molecule has 3 rings (SSSR count). The number of amides is 1. The molecule has 2 aromatic carbocycles. The molecular formula is C16H13ClF2N2O4S. The summed E-state index contributed by atoms with van der Waals surface area (Å²) in [5.41, 5.74) is -0.348. The van der Waals surface area contributed by atoms with Gasteiger partial charge < -0.3 is 10.1 Å². The average molecular weight is 403 g/mol. The Morgan fingerprint density at radius 2 is 2.00 bits per heavy atom. The molecule has 6 nitrogen and oxygen atoms in total. The molecule has 0 bridgehead atoms. The second-order valence-electron chi connectivity index (χ2n) is 5.51. The molecule has 26 heavy (non-hydrogen) atoms. The molecule has 2 aromatic rings. The van der Waals surface area contributed by atoms with Crippen LogP contribution in [0.1, 0.15) is 13.3 Å². The summed E-state index contributed by atoms with van der Waals surface area (Å²) in [5.74, 6) is -2.45. The van der Waals surface area contributed by atoms with E-state index in [4.69, 9.17) is 16.3 Å². The van der Waals surface area contributed by atoms with E-state index in [1.165, 1.54) is 6.07 Å². The van der Waals surface area contributed by atoms with Crippen LogP contribution in [-0.2, 0) is 14.8 Å². The summed E-state index contributed by atoms with van der Waals surface area (Å²) in [4.78, 5) is 11.5. The Morgan fingerprint density at radius 1 is 1.27 bits per heavy atom. The number of nitrogens with one attached hydrogen (secondary N) is 2. The van der Waals surface area contributed by atoms with Crippen molar-refractivity contribution in [3.8, 4) is 5.75 Å². The summed E-state index contributed by atoms with van der Waals surface area (Å²) in [6, 6.07) is 4.89. The summed E-state index contributed by atoms with van der Waals surface area (Å²) in [5, 5.41) is 2.56. The zero-order chi connectivity index (χ0) is 19.1. The standard InChI is InChI=1S/C16H13ClF2N2O4S/c1-2-13-16(22)20-12-5-8(17)6-14(15(12)25-13)26(23,24)21-11-4-3-9(18)7-10(11)19/h3-7,13,21H,2H2,1H3,(H,20,22). The van der Waals surface area contributed by atoms with Gasteiger partial charge in [0.1, 0.15) is 16.5 Å². The Hall–Kier alpha value is -2.39. The number of anilines is 2. The van der Waals surface area contributed by atoms with Crippen molar-refractivity contribution < 1.29 is 26.7 Å². The van der Waals surface area contributed by atoms with Gasteiger partial charge in [0.25, 0.3) is 15.9 Å². The molecule has 1 heterocycles. The monoisotopic (exact) mass is 402 g/mol. The lowest BCUT2D eigenvalue weighted by atomic mass is 10.2. The van der Waals surface area contributed by atoms with Crippen LogP contribution in [0.2, 0.25) is 5.02 Å². The predicted octanol–water partition coefficient (Wildman–Crippen LogP) is 3.53. The maximum atomic E-state index is 13.8. The number of carbonyl (C=O) groups is 1. The molecule has 1 atom stereocenters. The molecule has 1 aliphatic heterocycles. The quantitative estimate of drug-likeness (QED) is 0.819. The van der Waals surface area contributed by atoms with Crippen LogP contribution in [-0.4, -0.2) is 20.4 Å². The van der Waals surface area contributed by atoms with Crippen LogP contribution in [0.25, 0.3) is 0 Å². The molecule has 0 aliphatic carbocycles. The van der Waals surface area contributed by atoms with Gasteiger partial charge in [-0.3, -0.25) is 9.52 Å². The van der Waals surface area contributed by atoms with Gasteiger partial charge in [-0.15, -0.1) is 0 Å². The number of ether oxygens (including phenoxy) is 1. The fourth-order valence-corrected chi connectivity index (χ4v) is 3.96. The highest BCUT2D eigenvalue weighted by molar-refractivity contribution is 7.92. The van der Waals surface area contributed by atoms with E-state index < -0.39 is 39.4 Å². The first-order valence-electron chi connectivity index (χ1n) is 7.50. The molecule has 2 N–H and O–H groups in total. The van der Waals surface area contributed by atoms with Crippen LogP contribution in [0.15, 0.2) is 35.2 Å². The molecule has 1 amide bonds. The summed E-state index contributed by atoms with van der Waals surface area (Å²) in [7, 11) is -4.33. The van der Waals surface area contributed by atoms with Gasteiger partial charge in [-0.2, -0.15) is 0 Å². The van der Waals surface area contributed by atoms with Crippen molar-refractivity contribution in [2.75, 3.05) is 10.0 Å². The topological polar surface area (TPSA) is 84.5 Å². The van der Waals surface area contributed by atoms with Gasteiger partial charge in [-0.05, 0) is 30.7 Å². The van der Waals surface area contributed by atoms with Crippen LogP contribution in [0, 0.1) is 11.6 Å². The van der Waals surface area contributed by atoms with Crippen LogP contribution >= 0.6 is 11.6 Å². The van der Waals surface area contributed by atoms with Crippen molar-refractivity contribution >= 4 is 38.9 Å². The van der Waals surface area contributed by atoms with Crippen molar-refractivity contribution in [3.05, 3.63) is 47.0 Å². The smallest absolute Gasteiger partial charge is 0.265 e. The summed E-state index contributed by atoms with van der Waals surface area (Å²) in [6.07, 6.45) is -0.562. The Balaban J connectivity index is 2.07. The van der Waals surface area contributed by atoms with Gasteiger partial charge in [0.05, 0.1) is 11.4 Å². The third kappa shape index (κ3) is 3.45. The zero-order valence-corrected chi connectivity index (χ0v) is 14.9. The van der Waals surface area contributed by atoms with Gasteiger partial charge in [-0.1, -0.05) is 18.5 Å². The highest BCUT2D eigenvalue weighted by Gasteiger charge is 2.32. The first kappa shape index (κ1) is 18.4. The molecule has 1 aliphatic rings. The molecule has 0 spiro atoms. The number of halogens is 3. The maximum Gasteiger partial charge on any atom is 0.265 e. The van der Waals surface area contributed by atoms with Crippen LogP contribution in [0.5, 0.6) is 5.75 Å². The maximum absolute atomic E-state index is 13.8. The number of benzene rings is 2. The van der Waals surface area contributed by atoms with Crippen molar-refractivity contribution in [1.82, 2.24) is 0 Å². The second-order valence-corrected chi connectivity index (χ2v) is 7.60. The predicted molar refractivity (Wildman–Crippen MR) is 92.0 cm³/mol. The summed E-state index contributed by atoms with van der Waals surface area (Å²) >= 11 is 5.94. The van der Waals surface area contributed by atoms with E-state index in [1.54, 1.807) is 6.92 Å². The number of sulfonamides is 1. The SMILES string of the molecule is CCC1Oc2c(cc(Cl)cc2S(=O)(=O)Nc2ccc(F)cc2F)NC1=O. The Kier molecular flexibility index (Phi) is 4.76. The molecule has 0 saturated heterocycles. The van der Waals surface area contributed by atoms with E-state index in [9.17, 15) is 22.0 Å². The minimum Gasteiger partial charge on any atom is -0.477 e. The van der Waals surface area contributed by atoms with Crippen molar-refractivity contribution in [3.63, 3.8) is 0 Å². The highest BCUT2D eigenvalue weighted by Crippen LogP contribution is 2.40. The number of fused-ring (bicyclic) bond motifs is 1. The highest BCUT2D eigenvalue weighted by atomic mass is 35.5. The zero-order valence-electron chi connectivity index (χ0n) is 13.3. The van der Waals surface area contributed by atoms with Gasteiger partial charge in [0.15, 0.2) is 11.9 Å². The molecule has 0 radical (unpaired) electrons. The Labute approximate surface area is 153 Å². The fraction of sp³-hybridized carbons (Fsp3) is 0.188. The lowest BCUT2D eigenvalue weighted by Crippen LogP contribution is -2.37. The van der Waals surface area contributed by atoms with E-state index in [2.05, 4.69) is 5.32 Å². The number of hydrogen-bond acceptors (Lipinski definition) is 4. The molecular weight excluding hydrogens is 390 g/mol. The van der Waals surface area contributed by atoms with Gasteiger partial charge in [0.2, 0.25) is 0 Å². The fourth-order valence-electron chi connectivity index (χ4n) is 2.43. The average Bonchev–Trinajstić information content (AvgIpc) is 2.56. The van der Waals surface area contributed by atoms with Crippen LogP contribution < -0.4 is 14.8 Å². The third-order valence-corrected chi connectivity index (χ3v) is 5.25. The van der Waals surface area contributed by atoms with E-state index in [0.29, 0.717) is 12.5 Å². The van der Waals surface area contributed by atoms with E-state index >= 15 is 0 Å². The number of carbonyl (C=O) groups excluding carboxylic acids is 1. The van der Waals surface area contributed by atoms with Crippen molar-refractivity contribution in [2.45, 2.75) is 24.3 Å². The summed E-state index contributed by atoms with van der Waals surface area (Å²) in [6.45, 7) is 1.70. The van der Waals surface area contributed by atoms with Gasteiger partial charge in [-0.25, -0.2) is 17.2 Å². The van der Waals surface area contributed by atoms with Crippen molar-refractivity contribution in [2.24, 2.45) is 0 Å². The van der Waals surface area contributed by atoms with Gasteiger partial charge >= 0.3 is 0 Å². The van der Waals surface area contributed by atoms with E-state index in [1.807, 2.05) is 4.72 Å². The van der Waals surface area contributed by atoms with Crippen molar-refractivity contribution in [1.29, 1.82) is 0 Å². The Bertz CT molecular complexity index is 998. The van der Waals surface area contributed by atoms with E-state index in [0.717, 1.165) is 18.2 Å². The normalized spacial score (nSPS) is 16.5. The molecule has 1 unspecified atom stereocenters. The first-order valence-corrected chi connectivity index (χ1v) is 9.36. The molecule has 138 valence electrons. The molecule has 0 aromatic heterocycles. The minimum absolute atomic E-state index is 0.0301. The van der Waals surface area contributed by atoms with E-state index in [-0.39, 0.29) is 21.4 Å². The lowest BCUT2D eigenvalue weighted by molar-refractivity contribution is -0.123. The number of rotatable bonds is 4. The van der Waals surface area contributed by atoms with Crippen LogP contribution in [0.4, 0.5) is 20.2 Å². The molecule has 0 fully saturated rings. The second kappa shape index (κ2) is 6.73. The summed E-state index contributed by atoms with van der Waals surface area (Å²) < 4.78 is 59.8. The molecule has 0 saturated carbocycles. The first-order chi connectivity index (χ1) is 12.2.